The number of aryl methyl sites for hydroxylation is 2. The lowest BCUT2D eigenvalue weighted by atomic mass is 9.99. The molecule has 0 atom stereocenters. The zero-order chi connectivity index (χ0) is 9.64. The summed E-state index contributed by atoms with van der Waals surface area (Å²) >= 11 is 0. The molecule has 2 heteroatoms. The van der Waals surface area contributed by atoms with Crippen molar-refractivity contribution in [2.75, 3.05) is 0 Å². The van der Waals surface area contributed by atoms with Crippen molar-refractivity contribution in [1.29, 1.82) is 0 Å². The Balaban J connectivity index is 2.52. The molecule has 0 aliphatic heterocycles. The SMILES string of the molecule is Cc1cc(C)c(C2(O)CC2)cc1F. The molecule has 0 radical (unpaired) electrons. The predicted octanol–water partition coefficient (Wildman–Crippen LogP) is 2.42. The Bertz CT molecular complexity index is 353. The molecule has 1 saturated carbocycles. The first-order valence-corrected chi connectivity index (χ1v) is 4.52. The highest BCUT2D eigenvalue weighted by Crippen LogP contribution is 2.46. The van der Waals surface area contributed by atoms with Crippen LogP contribution in [0.2, 0.25) is 0 Å². The second-order valence-electron chi connectivity index (χ2n) is 3.95. The molecule has 70 valence electrons. The molecular formula is C11H13FO. The minimum Gasteiger partial charge on any atom is -0.385 e. The van der Waals surface area contributed by atoms with Gasteiger partial charge >= 0.3 is 0 Å². The predicted molar refractivity (Wildman–Crippen MR) is 49.0 cm³/mol. The first-order chi connectivity index (χ1) is 6.03. The van der Waals surface area contributed by atoms with E-state index < -0.39 is 5.60 Å². The molecule has 0 heterocycles. The maximum absolute atomic E-state index is 13.2. The third-order valence-corrected chi connectivity index (χ3v) is 2.73. The molecule has 0 saturated heterocycles. The Morgan fingerprint density at radius 3 is 2.38 bits per heavy atom. The first kappa shape index (κ1) is 8.70. The van der Waals surface area contributed by atoms with Crippen LogP contribution in [0.5, 0.6) is 0 Å². The van der Waals surface area contributed by atoms with Gasteiger partial charge in [0.1, 0.15) is 5.82 Å². The molecule has 0 bridgehead atoms. The number of halogens is 1. The lowest BCUT2D eigenvalue weighted by Gasteiger charge is -2.12. The molecule has 1 aromatic rings. The Morgan fingerprint density at radius 1 is 1.23 bits per heavy atom. The van der Waals surface area contributed by atoms with Crippen molar-refractivity contribution in [3.05, 3.63) is 34.6 Å². The van der Waals surface area contributed by atoms with Crippen LogP contribution in [-0.2, 0) is 5.60 Å². The summed E-state index contributed by atoms with van der Waals surface area (Å²) in [5, 5.41) is 9.83. The van der Waals surface area contributed by atoms with Gasteiger partial charge < -0.3 is 5.11 Å². The summed E-state index contributed by atoms with van der Waals surface area (Å²) in [4.78, 5) is 0. The average molecular weight is 180 g/mol. The number of hydrogen-bond donors (Lipinski definition) is 1. The fourth-order valence-corrected chi connectivity index (χ4v) is 1.71. The van der Waals surface area contributed by atoms with Gasteiger partial charge in [0.05, 0.1) is 5.60 Å². The topological polar surface area (TPSA) is 20.2 Å². The zero-order valence-electron chi connectivity index (χ0n) is 7.89. The molecular weight excluding hydrogens is 167 g/mol. The van der Waals surface area contributed by atoms with E-state index in [2.05, 4.69) is 0 Å². The Labute approximate surface area is 77.2 Å². The number of benzene rings is 1. The van der Waals surface area contributed by atoms with Crippen LogP contribution in [0, 0.1) is 19.7 Å². The van der Waals surface area contributed by atoms with E-state index in [-0.39, 0.29) is 5.82 Å². The molecule has 1 fully saturated rings. The molecule has 0 amide bonds. The molecule has 1 aliphatic carbocycles. The Hall–Kier alpha value is -0.890. The van der Waals surface area contributed by atoms with Crippen molar-refractivity contribution in [3.8, 4) is 0 Å². The van der Waals surface area contributed by atoms with Gasteiger partial charge in [-0.1, -0.05) is 6.07 Å². The molecule has 13 heavy (non-hydrogen) atoms. The molecule has 2 rings (SSSR count). The summed E-state index contributed by atoms with van der Waals surface area (Å²) in [6.45, 7) is 3.65. The molecule has 1 aliphatic rings. The molecule has 0 unspecified atom stereocenters. The van der Waals surface area contributed by atoms with Gasteiger partial charge in [-0.25, -0.2) is 4.39 Å². The summed E-state index contributed by atoms with van der Waals surface area (Å²) < 4.78 is 13.2. The molecule has 1 nitrogen and oxygen atoms in total. The van der Waals surface area contributed by atoms with Crippen molar-refractivity contribution in [2.24, 2.45) is 0 Å². The lowest BCUT2D eigenvalue weighted by molar-refractivity contribution is 0.150. The van der Waals surface area contributed by atoms with Gasteiger partial charge in [-0.05, 0) is 49.4 Å². The van der Waals surface area contributed by atoms with Crippen molar-refractivity contribution in [2.45, 2.75) is 32.3 Å². The van der Waals surface area contributed by atoms with Crippen LogP contribution in [-0.4, -0.2) is 5.11 Å². The number of aliphatic hydroxyl groups is 1. The molecule has 0 spiro atoms. The van der Waals surface area contributed by atoms with Crippen LogP contribution in [0.4, 0.5) is 4.39 Å². The van der Waals surface area contributed by atoms with Gasteiger partial charge in [-0.3, -0.25) is 0 Å². The second-order valence-corrected chi connectivity index (χ2v) is 3.95. The van der Waals surface area contributed by atoms with Gasteiger partial charge in [-0.15, -0.1) is 0 Å². The van der Waals surface area contributed by atoms with Crippen molar-refractivity contribution in [3.63, 3.8) is 0 Å². The fourth-order valence-electron chi connectivity index (χ4n) is 1.71. The summed E-state index contributed by atoms with van der Waals surface area (Å²) in [6.07, 6.45) is 1.52. The maximum atomic E-state index is 13.2. The van der Waals surface area contributed by atoms with E-state index in [9.17, 15) is 9.50 Å². The summed E-state index contributed by atoms with van der Waals surface area (Å²) in [7, 11) is 0. The van der Waals surface area contributed by atoms with Crippen LogP contribution in [0.15, 0.2) is 12.1 Å². The summed E-state index contributed by atoms with van der Waals surface area (Å²) in [5.74, 6) is -0.221. The van der Waals surface area contributed by atoms with Crippen LogP contribution in [0.1, 0.15) is 29.5 Å². The average Bonchev–Trinajstić information content (AvgIpc) is 2.77. The van der Waals surface area contributed by atoms with E-state index in [1.54, 1.807) is 13.0 Å². The van der Waals surface area contributed by atoms with Gasteiger partial charge in [0.2, 0.25) is 0 Å². The van der Waals surface area contributed by atoms with Crippen LogP contribution >= 0.6 is 0 Å². The zero-order valence-corrected chi connectivity index (χ0v) is 7.89. The van der Waals surface area contributed by atoms with Crippen LogP contribution < -0.4 is 0 Å². The minimum absolute atomic E-state index is 0.221. The monoisotopic (exact) mass is 180 g/mol. The smallest absolute Gasteiger partial charge is 0.126 e. The highest BCUT2D eigenvalue weighted by molar-refractivity contribution is 5.38. The Kier molecular flexibility index (Phi) is 1.70. The van der Waals surface area contributed by atoms with E-state index in [0.717, 1.165) is 24.0 Å². The highest BCUT2D eigenvalue weighted by Gasteiger charge is 2.43. The van der Waals surface area contributed by atoms with Crippen molar-refractivity contribution < 1.29 is 9.50 Å². The molecule has 1 aromatic carbocycles. The third kappa shape index (κ3) is 1.35. The molecule has 1 N–H and O–H groups in total. The van der Waals surface area contributed by atoms with E-state index in [1.807, 2.05) is 6.92 Å². The highest BCUT2D eigenvalue weighted by atomic mass is 19.1. The van der Waals surface area contributed by atoms with E-state index >= 15 is 0 Å². The van der Waals surface area contributed by atoms with E-state index in [0.29, 0.717) is 5.56 Å². The van der Waals surface area contributed by atoms with Gasteiger partial charge in [0.15, 0.2) is 0 Å². The Morgan fingerprint density at radius 2 is 1.85 bits per heavy atom. The second kappa shape index (κ2) is 2.55. The minimum atomic E-state index is -0.724. The number of rotatable bonds is 1. The number of hydrogen-bond acceptors (Lipinski definition) is 1. The summed E-state index contributed by atoms with van der Waals surface area (Å²) in [6, 6.07) is 3.26. The normalized spacial score (nSPS) is 18.8. The van der Waals surface area contributed by atoms with Gasteiger partial charge in [0, 0.05) is 0 Å². The third-order valence-electron chi connectivity index (χ3n) is 2.73. The van der Waals surface area contributed by atoms with Crippen molar-refractivity contribution in [1.82, 2.24) is 0 Å². The standard InChI is InChI=1S/C11H13FO/c1-7-5-8(2)10(12)6-9(7)11(13)3-4-11/h5-6,13H,3-4H2,1-2H3. The fraction of sp³-hybridized carbons (Fsp3) is 0.455. The summed E-state index contributed by atoms with van der Waals surface area (Å²) in [5.41, 5.74) is 1.67. The quantitative estimate of drug-likeness (QED) is 0.703. The maximum Gasteiger partial charge on any atom is 0.126 e. The van der Waals surface area contributed by atoms with E-state index in [1.165, 1.54) is 6.07 Å². The van der Waals surface area contributed by atoms with Gasteiger partial charge in [0.25, 0.3) is 0 Å². The van der Waals surface area contributed by atoms with Crippen molar-refractivity contribution >= 4 is 0 Å². The molecule has 0 aromatic heterocycles. The van der Waals surface area contributed by atoms with Gasteiger partial charge in [-0.2, -0.15) is 0 Å². The van der Waals surface area contributed by atoms with E-state index in [4.69, 9.17) is 0 Å². The van der Waals surface area contributed by atoms with Crippen LogP contribution in [0.3, 0.4) is 0 Å². The first-order valence-electron chi connectivity index (χ1n) is 4.52. The lowest BCUT2D eigenvalue weighted by Crippen LogP contribution is -2.07. The largest absolute Gasteiger partial charge is 0.385 e. The van der Waals surface area contributed by atoms with Crippen LogP contribution in [0.25, 0.3) is 0 Å².